The molecular formula is C13H13F3N4O3. The third-order valence-corrected chi connectivity index (χ3v) is 3.10. The van der Waals surface area contributed by atoms with Crippen molar-refractivity contribution in [1.82, 2.24) is 10.1 Å². The van der Waals surface area contributed by atoms with Gasteiger partial charge in [-0.05, 0) is 18.6 Å². The SMILES string of the molecule is CCC(Nc1ccc([N+](=O)[O-])c(C(F)(F)F)c1)c1noc(C)n1. The van der Waals surface area contributed by atoms with E-state index in [-0.39, 0.29) is 5.69 Å². The van der Waals surface area contributed by atoms with Crippen molar-refractivity contribution in [3.8, 4) is 0 Å². The predicted molar refractivity (Wildman–Crippen MR) is 73.8 cm³/mol. The van der Waals surface area contributed by atoms with Gasteiger partial charge in [-0.15, -0.1) is 0 Å². The summed E-state index contributed by atoms with van der Waals surface area (Å²) in [4.78, 5) is 13.7. The molecule has 0 aliphatic carbocycles. The molecule has 1 N–H and O–H groups in total. The molecule has 0 radical (unpaired) electrons. The van der Waals surface area contributed by atoms with Crippen molar-refractivity contribution in [1.29, 1.82) is 0 Å². The topological polar surface area (TPSA) is 94.1 Å². The maximum atomic E-state index is 13.0. The van der Waals surface area contributed by atoms with Crippen LogP contribution in [0, 0.1) is 17.0 Å². The predicted octanol–water partition coefficient (Wildman–Crippen LogP) is 3.87. The van der Waals surface area contributed by atoms with E-state index >= 15 is 0 Å². The molecule has 0 spiro atoms. The summed E-state index contributed by atoms with van der Waals surface area (Å²) >= 11 is 0. The lowest BCUT2D eigenvalue weighted by Crippen LogP contribution is -2.14. The molecule has 124 valence electrons. The maximum absolute atomic E-state index is 13.0. The number of nitro benzene ring substituents is 1. The van der Waals surface area contributed by atoms with Crippen molar-refractivity contribution < 1.29 is 22.6 Å². The first-order valence-corrected chi connectivity index (χ1v) is 6.64. The van der Waals surface area contributed by atoms with Crippen molar-refractivity contribution in [2.45, 2.75) is 32.5 Å². The summed E-state index contributed by atoms with van der Waals surface area (Å²) in [5.74, 6) is 0.636. The minimum Gasteiger partial charge on any atom is -0.375 e. The van der Waals surface area contributed by atoms with Crippen LogP contribution in [0.2, 0.25) is 0 Å². The molecule has 0 bridgehead atoms. The van der Waals surface area contributed by atoms with Crippen LogP contribution in [0.3, 0.4) is 0 Å². The first-order valence-electron chi connectivity index (χ1n) is 6.64. The van der Waals surface area contributed by atoms with Gasteiger partial charge in [-0.1, -0.05) is 12.1 Å². The zero-order valence-corrected chi connectivity index (χ0v) is 12.2. The molecule has 0 saturated heterocycles. The van der Waals surface area contributed by atoms with Gasteiger partial charge in [0.25, 0.3) is 5.69 Å². The Labute approximate surface area is 128 Å². The highest BCUT2D eigenvalue weighted by Gasteiger charge is 2.38. The normalized spacial score (nSPS) is 12.9. The van der Waals surface area contributed by atoms with Crippen LogP contribution in [-0.4, -0.2) is 15.1 Å². The molecule has 2 aromatic rings. The standard InChI is InChI=1S/C13H13F3N4O3/c1-3-10(12-17-7(2)23-19-12)18-8-4-5-11(20(21)22)9(6-8)13(14,15)16/h4-6,10,18H,3H2,1-2H3. The van der Waals surface area contributed by atoms with Crippen LogP contribution >= 0.6 is 0 Å². The number of alkyl halides is 3. The van der Waals surface area contributed by atoms with Crippen LogP contribution in [0.25, 0.3) is 0 Å². The third-order valence-electron chi connectivity index (χ3n) is 3.10. The van der Waals surface area contributed by atoms with Crippen LogP contribution in [0.4, 0.5) is 24.5 Å². The molecule has 7 nitrogen and oxygen atoms in total. The Morgan fingerprint density at radius 1 is 1.43 bits per heavy atom. The van der Waals surface area contributed by atoms with Gasteiger partial charge in [-0.25, -0.2) is 0 Å². The lowest BCUT2D eigenvalue weighted by molar-refractivity contribution is -0.388. The Morgan fingerprint density at radius 2 is 2.13 bits per heavy atom. The first-order chi connectivity index (χ1) is 10.7. The Morgan fingerprint density at radius 3 is 2.61 bits per heavy atom. The molecular weight excluding hydrogens is 317 g/mol. The molecule has 1 atom stereocenters. The summed E-state index contributed by atoms with van der Waals surface area (Å²) in [6, 6.07) is 2.26. The second-order valence-electron chi connectivity index (χ2n) is 4.76. The number of nitrogens with one attached hydrogen (secondary N) is 1. The monoisotopic (exact) mass is 330 g/mol. The van der Waals surface area contributed by atoms with Crippen molar-refractivity contribution in [3.63, 3.8) is 0 Å². The lowest BCUT2D eigenvalue weighted by Gasteiger charge is -2.16. The minimum absolute atomic E-state index is 0.0808. The summed E-state index contributed by atoms with van der Waals surface area (Å²) in [6.07, 6.45) is -4.35. The van der Waals surface area contributed by atoms with Gasteiger partial charge in [0.05, 0.1) is 11.0 Å². The molecule has 1 unspecified atom stereocenters. The number of aromatic nitrogens is 2. The largest absolute Gasteiger partial charge is 0.423 e. The molecule has 0 aliphatic heterocycles. The van der Waals surface area contributed by atoms with E-state index in [2.05, 4.69) is 15.5 Å². The van der Waals surface area contributed by atoms with Crippen LogP contribution in [0.15, 0.2) is 22.7 Å². The Kier molecular flexibility index (Phi) is 4.52. The molecule has 1 aromatic carbocycles. The van der Waals surface area contributed by atoms with Gasteiger partial charge in [0, 0.05) is 18.7 Å². The van der Waals surface area contributed by atoms with E-state index in [0.717, 1.165) is 6.07 Å². The Balaban J connectivity index is 2.34. The van der Waals surface area contributed by atoms with Gasteiger partial charge >= 0.3 is 6.18 Å². The van der Waals surface area contributed by atoms with E-state index in [9.17, 15) is 23.3 Å². The van der Waals surface area contributed by atoms with E-state index in [1.54, 1.807) is 13.8 Å². The number of benzene rings is 1. The summed E-state index contributed by atoms with van der Waals surface area (Å²) < 4.78 is 43.7. The summed E-state index contributed by atoms with van der Waals surface area (Å²) in [7, 11) is 0. The van der Waals surface area contributed by atoms with Gasteiger partial charge in [0.1, 0.15) is 5.56 Å². The van der Waals surface area contributed by atoms with E-state index in [1.807, 2.05) is 0 Å². The molecule has 23 heavy (non-hydrogen) atoms. The van der Waals surface area contributed by atoms with Crippen LogP contribution in [0.1, 0.15) is 36.7 Å². The molecule has 0 aliphatic rings. The number of halogens is 3. The fourth-order valence-corrected chi connectivity index (χ4v) is 2.02. The molecule has 0 fully saturated rings. The fourth-order valence-electron chi connectivity index (χ4n) is 2.02. The highest BCUT2D eigenvalue weighted by atomic mass is 19.4. The van der Waals surface area contributed by atoms with Crippen molar-refractivity contribution in [2.75, 3.05) is 5.32 Å². The molecule has 0 saturated carbocycles. The second-order valence-corrected chi connectivity index (χ2v) is 4.76. The number of hydrogen-bond acceptors (Lipinski definition) is 6. The highest BCUT2D eigenvalue weighted by Crippen LogP contribution is 2.38. The van der Waals surface area contributed by atoms with Gasteiger partial charge < -0.3 is 9.84 Å². The number of hydrogen-bond donors (Lipinski definition) is 1. The van der Waals surface area contributed by atoms with E-state index in [4.69, 9.17) is 4.52 Å². The number of aryl methyl sites for hydroxylation is 1. The minimum atomic E-state index is -4.83. The van der Waals surface area contributed by atoms with Gasteiger partial charge in [0.2, 0.25) is 5.89 Å². The first kappa shape index (κ1) is 16.7. The summed E-state index contributed by atoms with van der Waals surface area (Å²) in [5, 5.41) is 17.3. The van der Waals surface area contributed by atoms with Crippen LogP contribution in [-0.2, 0) is 6.18 Å². The van der Waals surface area contributed by atoms with Crippen LogP contribution in [0.5, 0.6) is 0 Å². The van der Waals surface area contributed by atoms with E-state index in [0.29, 0.717) is 24.2 Å². The molecule has 1 aromatic heterocycles. The average molecular weight is 330 g/mol. The van der Waals surface area contributed by atoms with Crippen molar-refractivity contribution in [2.24, 2.45) is 0 Å². The van der Waals surface area contributed by atoms with Gasteiger partial charge in [0.15, 0.2) is 5.82 Å². The number of anilines is 1. The van der Waals surface area contributed by atoms with Gasteiger partial charge in [-0.3, -0.25) is 10.1 Å². The van der Waals surface area contributed by atoms with Crippen LogP contribution < -0.4 is 5.32 Å². The third kappa shape index (κ3) is 3.76. The highest BCUT2D eigenvalue weighted by molar-refractivity contribution is 5.55. The summed E-state index contributed by atoms with van der Waals surface area (Å²) in [6.45, 7) is 3.39. The second kappa shape index (κ2) is 6.23. The van der Waals surface area contributed by atoms with Crippen molar-refractivity contribution in [3.05, 3.63) is 45.6 Å². The van der Waals surface area contributed by atoms with E-state index in [1.165, 1.54) is 6.07 Å². The number of rotatable bonds is 5. The zero-order valence-electron chi connectivity index (χ0n) is 12.2. The smallest absolute Gasteiger partial charge is 0.375 e. The molecule has 10 heteroatoms. The molecule has 1 heterocycles. The lowest BCUT2D eigenvalue weighted by atomic mass is 10.1. The molecule has 0 amide bonds. The number of nitrogens with zero attached hydrogens (tertiary/aromatic N) is 3. The summed E-state index contributed by atoms with van der Waals surface area (Å²) in [5.41, 5.74) is -2.23. The fraction of sp³-hybridized carbons (Fsp3) is 0.385. The Hall–Kier alpha value is -2.65. The molecule has 2 rings (SSSR count). The quantitative estimate of drug-likeness (QED) is 0.660. The Bertz CT molecular complexity index is 715. The van der Waals surface area contributed by atoms with E-state index < -0.39 is 28.4 Å². The number of nitro groups is 1. The zero-order chi connectivity index (χ0) is 17.2. The van der Waals surface area contributed by atoms with Gasteiger partial charge in [-0.2, -0.15) is 18.2 Å². The average Bonchev–Trinajstić information content (AvgIpc) is 2.90. The van der Waals surface area contributed by atoms with Crippen molar-refractivity contribution >= 4 is 11.4 Å². The maximum Gasteiger partial charge on any atom is 0.423 e.